The second-order valence-corrected chi connectivity index (χ2v) is 5.91. The molecule has 0 unspecified atom stereocenters. The molecule has 0 aliphatic carbocycles. The fraction of sp³-hybridized carbons (Fsp3) is 0. The van der Waals surface area contributed by atoms with E-state index >= 15 is 0 Å². The van der Waals surface area contributed by atoms with E-state index in [4.69, 9.17) is 5.73 Å². The van der Waals surface area contributed by atoms with Crippen LogP contribution in [0.5, 0.6) is 0 Å². The van der Waals surface area contributed by atoms with Gasteiger partial charge in [0, 0.05) is 29.2 Å². The number of rotatable bonds is 3. The van der Waals surface area contributed by atoms with Gasteiger partial charge in [0.2, 0.25) is 0 Å². The van der Waals surface area contributed by atoms with E-state index in [1.165, 1.54) is 0 Å². The molecule has 4 rings (SSSR count). The normalized spacial score (nSPS) is 10.6. The summed E-state index contributed by atoms with van der Waals surface area (Å²) in [4.78, 5) is 4.12. The van der Waals surface area contributed by atoms with Crippen LogP contribution in [-0.4, -0.2) is 4.98 Å². The van der Waals surface area contributed by atoms with Crippen LogP contribution in [-0.2, 0) is 0 Å². The summed E-state index contributed by atoms with van der Waals surface area (Å²) in [6.07, 6.45) is 3.63. The van der Waals surface area contributed by atoms with Crippen molar-refractivity contribution in [3.8, 4) is 33.4 Å². The summed E-state index contributed by atoms with van der Waals surface area (Å²) in [6.45, 7) is 0. The van der Waals surface area contributed by atoms with Crippen LogP contribution >= 0.6 is 0 Å². The lowest BCUT2D eigenvalue weighted by Crippen LogP contribution is -1.95. The van der Waals surface area contributed by atoms with Crippen LogP contribution in [0.4, 0.5) is 5.69 Å². The maximum absolute atomic E-state index is 6.58. The van der Waals surface area contributed by atoms with Crippen molar-refractivity contribution in [3.05, 3.63) is 97.3 Å². The van der Waals surface area contributed by atoms with Gasteiger partial charge < -0.3 is 5.73 Å². The topological polar surface area (TPSA) is 38.9 Å². The lowest BCUT2D eigenvalue weighted by Gasteiger charge is -2.15. The Morgan fingerprint density at radius 3 is 1.80 bits per heavy atom. The first-order chi connectivity index (χ1) is 12.3. The Bertz CT molecular complexity index is 993. The van der Waals surface area contributed by atoms with E-state index in [9.17, 15) is 0 Å². The maximum Gasteiger partial charge on any atom is 0.0473 e. The minimum atomic E-state index is 0.801. The van der Waals surface area contributed by atoms with Gasteiger partial charge in [-0.3, -0.25) is 4.98 Å². The zero-order valence-corrected chi connectivity index (χ0v) is 13.8. The number of aromatic nitrogens is 1. The number of nitrogen functional groups attached to an aromatic ring is 1. The lowest BCUT2D eigenvalue weighted by molar-refractivity contribution is 1.33. The Balaban J connectivity index is 1.90. The molecule has 1 heterocycles. The Morgan fingerprint density at radius 2 is 1.04 bits per heavy atom. The molecule has 0 aliphatic heterocycles. The summed E-state index contributed by atoms with van der Waals surface area (Å²) in [5.74, 6) is 0. The highest BCUT2D eigenvalue weighted by molar-refractivity contribution is 5.94. The molecule has 120 valence electrons. The Hall–Kier alpha value is -3.39. The molecule has 0 spiro atoms. The monoisotopic (exact) mass is 322 g/mol. The predicted octanol–water partition coefficient (Wildman–Crippen LogP) is 5.66. The average molecular weight is 322 g/mol. The van der Waals surface area contributed by atoms with Gasteiger partial charge in [0.1, 0.15) is 0 Å². The van der Waals surface area contributed by atoms with Crippen LogP contribution < -0.4 is 5.73 Å². The number of nitrogens with two attached hydrogens (primary N) is 1. The molecule has 0 radical (unpaired) electrons. The van der Waals surface area contributed by atoms with Gasteiger partial charge >= 0.3 is 0 Å². The van der Waals surface area contributed by atoms with Gasteiger partial charge in [-0.1, -0.05) is 72.8 Å². The summed E-state index contributed by atoms with van der Waals surface area (Å²) >= 11 is 0. The van der Waals surface area contributed by atoms with Crippen molar-refractivity contribution in [2.45, 2.75) is 0 Å². The highest BCUT2D eigenvalue weighted by atomic mass is 14.6. The number of pyridine rings is 1. The van der Waals surface area contributed by atoms with E-state index in [0.29, 0.717) is 0 Å². The van der Waals surface area contributed by atoms with Crippen molar-refractivity contribution in [1.82, 2.24) is 4.98 Å². The largest absolute Gasteiger partial charge is 0.398 e. The molecule has 1 aromatic heterocycles. The van der Waals surface area contributed by atoms with Gasteiger partial charge in [0.15, 0.2) is 0 Å². The van der Waals surface area contributed by atoms with Crippen LogP contribution in [0, 0.1) is 0 Å². The summed E-state index contributed by atoms with van der Waals surface area (Å²) in [6, 6.07) is 28.9. The number of hydrogen-bond donors (Lipinski definition) is 1. The molecule has 0 atom stereocenters. The molecule has 0 saturated heterocycles. The number of nitrogens with zero attached hydrogens (tertiary/aromatic N) is 1. The van der Waals surface area contributed by atoms with Crippen LogP contribution in [0.1, 0.15) is 0 Å². The molecule has 0 saturated carbocycles. The van der Waals surface area contributed by atoms with Crippen LogP contribution in [0.2, 0.25) is 0 Å². The second-order valence-electron chi connectivity index (χ2n) is 5.91. The average Bonchev–Trinajstić information content (AvgIpc) is 2.70. The predicted molar refractivity (Wildman–Crippen MR) is 105 cm³/mol. The maximum atomic E-state index is 6.58. The summed E-state index contributed by atoms with van der Waals surface area (Å²) in [5, 5.41) is 0. The summed E-state index contributed by atoms with van der Waals surface area (Å²) < 4.78 is 0. The Kier molecular flexibility index (Phi) is 4.01. The molecule has 0 bridgehead atoms. The second kappa shape index (κ2) is 6.62. The quantitative estimate of drug-likeness (QED) is 0.494. The van der Waals surface area contributed by atoms with Crippen molar-refractivity contribution in [2.24, 2.45) is 0 Å². The summed E-state index contributed by atoms with van der Waals surface area (Å²) in [7, 11) is 0. The first kappa shape index (κ1) is 15.2. The third-order valence-electron chi connectivity index (χ3n) is 4.40. The van der Waals surface area contributed by atoms with Gasteiger partial charge in [0.05, 0.1) is 0 Å². The first-order valence-corrected chi connectivity index (χ1v) is 8.28. The molecule has 3 aromatic carbocycles. The zero-order valence-electron chi connectivity index (χ0n) is 13.8. The smallest absolute Gasteiger partial charge is 0.0473 e. The van der Waals surface area contributed by atoms with E-state index < -0.39 is 0 Å². The molecular weight excluding hydrogens is 304 g/mol. The van der Waals surface area contributed by atoms with Crippen LogP contribution in [0.15, 0.2) is 97.3 Å². The fourth-order valence-corrected chi connectivity index (χ4v) is 3.17. The van der Waals surface area contributed by atoms with Crippen molar-refractivity contribution in [3.63, 3.8) is 0 Å². The third kappa shape index (κ3) is 2.90. The molecule has 0 amide bonds. The van der Waals surface area contributed by atoms with Crippen molar-refractivity contribution < 1.29 is 0 Å². The molecule has 2 heteroatoms. The summed E-state index contributed by atoms with van der Waals surface area (Å²) in [5.41, 5.74) is 14.0. The highest BCUT2D eigenvalue weighted by Gasteiger charge is 2.12. The van der Waals surface area contributed by atoms with Gasteiger partial charge in [-0.15, -0.1) is 0 Å². The molecule has 2 nitrogen and oxygen atoms in total. The SMILES string of the molecule is Nc1c(-c2ccccc2)cccc1-c1ccccc1-c1ccncc1. The zero-order chi connectivity index (χ0) is 17.1. The fourth-order valence-electron chi connectivity index (χ4n) is 3.17. The number of para-hydroxylation sites is 1. The highest BCUT2D eigenvalue weighted by Crippen LogP contribution is 2.39. The van der Waals surface area contributed by atoms with Crippen LogP contribution in [0.25, 0.3) is 33.4 Å². The number of hydrogen-bond acceptors (Lipinski definition) is 2. The van der Waals surface area contributed by atoms with Crippen molar-refractivity contribution in [1.29, 1.82) is 0 Å². The molecule has 25 heavy (non-hydrogen) atoms. The lowest BCUT2D eigenvalue weighted by atomic mass is 9.91. The van der Waals surface area contributed by atoms with Crippen molar-refractivity contribution in [2.75, 3.05) is 5.73 Å². The van der Waals surface area contributed by atoms with E-state index in [-0.39, 0.29) is 0 Å². The van der Waals surface area contributed by atoms with Crippen molar-refractivity contribution >= 4 is 5.69 Å². The Morgan fingerprint density at radius 1 is 0.480 bits per heavy atom. The minimum absolute atomic E-state index is 0.801. The van der Waals surface area contributed by atoms with Gasteiger partial charge in [0.25, 0.3) is 0 Å². The molecule has 2 N–H and O–H groups in total. The minimum Gasteiger partial charge on any atom is -0.398 e. The molecule has 0 aliphatic rings. The van der Waals surface area contributed by atoms with E-state index in [2.05, 4.69) is 59.6 Å². The van der Waals surface area contributed by atoms with E-state index in [0.717, 1.165) is 39.1 Å². The van der Waals surface area contributed by atoms with E-state index in [1.807, 2.05) is 42.7 Å². The van der Waals surface area contributed by atoms with Crippen LogP contribution in [0.3, 0.4) is 0 Å². The first-order valence-electron chi connectivity index (χ1n) is 8.28. The number of benzene rings is 3. The third-order valence-corrected chi connectivity index (χ3v) is 4.40. The number of anilines is 1. The molecule has 4 aromatic rings. The molecular formula is C23H18N2. The molecule has 0 fully saturated rings. The van der Waals surface area contributed by atoms with Gasteiger partial charge in [-0.25, -0.2) is 0 Å². The van der Waals surface area contributed by atoms with E-state index in [1.54, 1.807) is 0 Å². The van der Waals surface area contributed by atoms with Gasteiger partial charge in [-0.2, -0.15) is 0 Å². The Labute approximate surface area is 147 Å². The standard InChI is InChI=1S/C23H18N2/c24-23-20(17-7-2-1-3-8-17)11-6-12-22(23)21-10-5-4-9-19(21)18-13-15-25-16-14-18/h1-16H,24H2. The van der Waals surface area contributed by atoms with Gasteiger partial charge in [-0.05, 0) is 34.4 Å².